The topological polar surface area (TPSA) is 50.2 Å². The molecule has 1 aromatic heterocycles. The van der Waals surface area contributed by atoms with Gasteiger partial charge >= 0.3 is 0 Å². The van der Waals surface area contributed by atoms with E-state index < -0.39 is 5.97 Å². The number of hydrogen-bond acceptors (Lipinski definition) is 3. The number of carbonyl (C=O) groups is 1. The van der Waals surface area contributed by atoms with E-state index >= 15 is 0 Å². The van der Waals surface area contributed by atoms with Gasteiger partial charge in [0.2, 0.25) is 0 Å². The van der Waals surface area contributed by atoms with Crippen molar-refractivity contribution in [3.8, 4) is 0 Å². The molecule has 0 radical (unpaired) electrons. The first-order valence-corrected chi connectivity index (χ1v) is 8.29. The van der Waals surface area contributed by atoms with Gasteiger partial charge in [0.15, 0.2) is 0 Å². The van der Waals surface area contributed by atoms with Crippen LogP contribution in [0.4, 0.5) is 0 Å². The Morgan fingerprint density at radius 3 is 2.55 bits per heavy atom. The predicted molar refractivity (Wildman–Crippen MR) is 94.1 cm³/mol. The van der Waals surface area contributed by atoms with E-state index in [-0.39, 0.29) is 0 Å². The Bertz CT molecular complexity index is 586. The molecule has 0 aliphatic heterocycles. The van der Waals surface area contributed by atoms with E-state index in [1.54, 1.807) is 11.3 Å². The summed E-state index contributed by atoms with van der Waals surface area (Å²) in [6, 6.07) is 10.3. The van der Waals surface area contributed by atoms with Crippen LogP contribution in [0, 0.1) is 0 Å². The Morgan fingerprint density at radius 2 is 1.95 bits per heavy atom. The van der Waals surface area contributed by atoms with Gasteiger partial charge in [0.25, 0.3) is 5.97 Å². The van der Waals surface area contributed by atoms with E-state index in [9.17, 15) is 0 Å². The molecule has 22 heavy (non-hydrogen) atoms. The van der Waals surface area contributed by atoms with Gasteiger partial charge in [-0.3, -0.25) is 4.79 Å². The number of benzene rings is 1. The minimum atomic E-state index is -0.833. The molecule has 4 heteroatoms. The number of carboxylic acids is 1. The highest BCUT2D eigenvalue weighted by Gasteiger charge is 2.08. The first-order chi connectivity index (χ1) is 10.5. The molecule has 0 saturated carbocycles. The molecule has 118 valence electrons. The van der Waals surface area contributed by atoms with Crippen LogP contribution in [0.5, 0.6) is 0 Å². The summed E-state index contributed by atoms with van der Waals surface area (Å²) in [7, 11) is 0. The van der Waals surface area contributed by atoms with Crippen LogP contribution in [-0.2, 0) is 4.79 Å². The molecule has 0 aliphatic carbocycles. The van der Waals surface area contributed by atoms with Gasteiger partial charge in [-0.1, -0.05) is 56.7 Å². The van der Waals surface area contributed by atoms with Gasteiger partial charge in [0.1, 0.15) is 0 Å². The summed E-state index contributed by atoms with van der Waals surface area (Å²) < 4.78 is 0. The van der Waals surface area contributed by atoms with Crippen LogP contribution in [0.1, 0.15) is 55.8 Å². The smallest absolute Gasteiger partial charge is 0.300 e. The van der Waals surface area contributed by atoms with Crippen molar-refractivity contribution in [2.75, 3.05) is 0 Å². The Kier molecular flexibility index (Phi) is 8.15. The van der Waals surface area contributed by atoms with Gasteiger partial charge in [0.05, 0.1) is 10.7 Å². The van der Waals surface area contributed by atoms with Crippen molar-refractivity contribution in [2.45, 2.75) is 39.5 Å². The van der Waals surface area contributed by atoms with Gasteiger partial charge in [0, 0.05) is 18.2 Å². The maximum absolute atomic E-state index is 9.00. The van der Waals surface area contributed by atoms with E-state index in [2.05, 4.69) is 60.6 Å². The SMILES string of the molecule is CC(=O)O.CCCC(C)c1nc(/C=C/c2ccccc2)cs1. The third kappa shape index (κ3) is 7.18. The lowest BCUT2D eigenvalue weighted by molar-refractivity contribution is -0.134. The molecule has 1 aromatic carbocycles. The largest absolute Gasteiger partial charge is 0.481 e. The zero-order chi connectivity index (χ0) is 16.4. The molecule has 0 aliphatic rings. The number of hydrogen-bond donors (Lipinski definition) is 1. The van der Waals surface area contributed by atoms with Gasteiger partial charge in [-0.25, -0.2) is 4.98 Å². The molecule has 1 atom stereocenters. The molecule has 2 rings (SSSR count). The van der Waals surface area contributed by atoms with Crippen molar-refractivity contribution >= 4 is 29.5 Å². The number of thiazole rings is 1. The highest BCUT2D eigenvalue weighted by Crippen LogP contribution is 2.24. The summed E-state index contributed by atoms with van der Waals surface area (Å²) in [6.45, 7) is 5.56. The lowest BCUT2D eigenvalue weighted by Gasteiger charge is -2.04. The summed E-state index contributed by atoms with van der Waals surface area (Å²) in [5.41, 5.74) is 2.29. The van der Waals surface area contributed by atoms with Crippen LogP contribution in [-0.4, -0.2) is 16.1 Å². The maximum Gasteiger partial charge on any atom is 0.300 e. The fourth-order valence-electron chi connectivity index (χ4n) is 1.91. The van der Waals surface area contributed by atoms with E-state index in [0.29, 0.717) is 5.92 Å². The quantitative estimate of drug-likeness (QED) is 0.813. The molecule has 0 amide bonds. The lowest BCUT2D eigenvalue weighted by Crippen LogP contribution is -1.91. The number of nitrogens with zero attached hydrogens (tertiary/aromatic N) is 1. The second-order valence-corrected chi connectivity index (χ2v) is 5.95. The molecular weight excluding hydrogens is 294 g/mol. The second kappa shape index (κ2) is 9.90. The first-order valence-electron chi connectivity index (χ1n) is 7.41. The summed E-state index contributed by atoms with van der Waals surface area (Å²) in [4.78, 5) is 13.7. The van der Waals surface area contributed by atoms with Crippen molar-refractivity contribution in [3.63, 3.8) is 0 Å². The molecule has 0 spiro atoms. The lowest BCUT2D eigenvalue weighted by atomic mass is 10.1. The number of aromatic nitrogens is 1. The van der Waals surface area contributed by atoms with E-state index in [4.69, 9.17) is 9.90 Å². The minimum Gasteiger partial charge on any atom is -0.481 e. The molecule has 3 nitrogen and oxygen atoms in total. The third-order valence-corrected chi connectivity index (χ3v) is 4.02. The summed E-state index contributed by atoms with van der Waals surface area (Å²) >= 11 is 1.77. The van der Waals surface area contributed by atoms with E-state index in [1.807, 2.05) is 6.07 Å². The Hall–Kier alpha value is -1.94. The summed E-state index contributed by atoms with van der Waals surface area (Å²) in [6.07, 6.45) is 6.64. The summed E-state index contributed by atoms with van der Waals surface area (Å²) in [5.74, 6) is -0.251. The molecule has 1 N–H and O–H groups in total. The predicted octanol–water partition coefficient (Wildman–Crippen LogP) is 5.31. The standard InChI is InChI=1S/C16H19NS.C2H4O2/c1-3-7-13(2)16-17-15(12-18-16)11-10-14-8-5-4-6-9-14;1-2(3)4/h4-6,8-13H,3,7H2,1-2H3;1H3,(H,3,4)/b11-10+;. The van der Waals surface area contributed by atoms with Crippen LogP contribution < -0.4 is 0 Å². The molecule has 0 bridgehead atoms. The molecule has 0 saturated heterocycles. The van der Waals surface area contributed by atoms with Gasteiger partial charge in [-0.2, -0.15) is 0 Å². The fraction of sp³-hybridized carbons (Fsp3) is 0.333. The number of rotatable bonds is 5. The molecule has 1 heterocycles. The Labute approximate surface area is 136 Å². The average molecular weight is 317 g/mol. The van der Waals surface area contributed by atoms with Crippen LogP contribution in [0.15, 0.2) is 35.7 Å². The average Bonchev–Trinajstić information content (AvgIpc) is 2.95. The highest BCUT2D eigenvalue weighted by molar-refractivity contribution is 7.09. The molecule has 0 fully saturated rings. The van der Waals surface area contributed by atoms with Crippen molar-refractivity contribution < 1.29 is 9.90 Å². The van der Waals surface area contributed by atoms with Crippen LogP contribution in [0.25, 0.3) is 12.2 Å². The second-order valence-electron chi connectivity index (χ2n) is 5.06. The van der Waals surface area contributed by atoms with E-state index in [0.717, 1.165) is 12.6 Å². The monoisotopic (exact) mass is 317 g/mol. The Morgan fingerprint density at radius 1 is 1.32 bits per heavy atom. The highest BCUT2D eigenvalue weighted by atomic mass is 32.1. The van der Waals surface area contributed by atoms with Gasteiger partial charge < -0.3 is 5.11 Å². The van der Waals surface area contributed by atoms with Crippen molar-refractivity contribution in [1.29, 1.82) is 0 Å². The van der Waals surface area contributed by atoms with Gasteiger partial charge in [-0.05, 0) is 18.1 Å². The van der Waals surface area contributed by atoms with Crippen LogP contribution >= 0.6 is 11.3 Å². The number of carboxylic acid groups (broad SMARTS) is 1. The van der Waals surface area contributed by atoms with Crippen LogP contribution in [0.3, 0.4) is 0 Å². The van der Waals surface area contributed by atoms with Gasteiger partial charge in [-0.15, -0.1) is 11.3 Å². The number of aliphatic carboxylic acids is 1. The fourth-order valence-corrected chi connectivity index (χ4v) is 2.79. The third-order valence-electron chi connectivity index (χ3n) is 2.93. The summed E-state index contributed by atoms with van der Waals surface area (Å²) in [5, 5.41) is 10.8. The first kappa shape index (κ1) is 18.1. The van der Waals surface area contributed by atoms with Crippen LogP contribution in [0.2, 0.25) is 0 Å². The normalized spacial score (nSPS) is 11.8. The zero-order valence-corrected chi connectivity index (χ0v) is 14.1. The molecule has 2 aromatic rings. The van der Waals surface area contributed by atoms with Crippen molar-refractivity contribution in [2.24, 2.45) is 0 Å². The molecular formula is C18H23NO2S. The zero-order valence-electron chi connectivity index (χ0n) is 13.3. The maximum atomic E-state index is 9.00. The minimum absolute atomic E-state index is 0.582. The van der Waals surface area contributed by atoms with Crippen molar-refractivity contribution in [1.82, 2.24) is 4.98 Å². The van der Waals surface area contributed by atoms with Crippen molar-refractivity contribution in [3.05, 3.63) is 52.0 Å². The van der Waals surface area contributed by atoms with E-state index in [1.165, 1.54) is 23.4 Å². The molecule has 1 unspecified atom stereocenters. The Balaban J connectivity index is 0.000000541.